The smallest absolute Gasteiger partial charge is 0.0485 e. The molecule has 20 heavy (non-hydrogen) atoms. The highest BCUT2D eigenvalue weighted by Crippen LogP contribution is 2.41. The van der Waals surface area contributed by atoms with E-state index in [1.807, 2.05) is 6.92 Å². The van der Waals surface area contributed by atoms with E-state index in [-0.39, 0.29) is 0 Å². The molecule has 2 aromatic carbocycles. The monoisotopic (exact) mass is 256 g/mol. The van der Waals surface area contributed by atoms with Gasteiger partial charge in [-0.05, 0) is 49.4 Å². The molecular formula is C20H16. The lowest BCUT2D eigenvalue weighted by Crippen LogP contribution is -1.95. The highest BCUT2D eigenvalue weighted by Gasteiger charge is 2.23. The van der Waals surface area contributed by atoms with E-state index in [2.05, 4.69) is 55.9 Å². The second-order valence-corrected chi connectivity index (χ2v) is 5.33. The van der Waals surface area contributed by atoms with Crippen molar-refractivity contribution in [1.82, 2.24) is 0 Å². The number of hydrogen-bond donors (Lipinski definition) is 0. The Labute approximate surface area is 120 Å². The minimum Gasteiger partial charge on any atom is -0.115 e. The molecule has 0 aliphatic heterocycles. The molecule has 3 rings (SSSR count). The van der Waals surface area contributed by atoms with Gasteiger partial charge in [-0.2, -0.15) is 0 Å². The van der Waals surface area contributed by atoms with Crippen molar-refractivity contribution in [3.05, 3.63) is 57.6 Å². The lowest BCUT2D eigenvalue weighted by Gasteiger charge is -2.10. The molecule has 0 heteroatoms. The number of rotatable bonds is 0. The third-order valence-electron chi connectivity index (χ3n) is 3.91. The summed E-state index contributed by atoms with van der Waals surface area (Å²) < 4.78 is 0. The molecule has 0 bridgehead atoms. The number of terminal acetylenes is 1. The van der Waals surface area contributed by atoms with Crippen LogP contribution in [0.5, 0.6) is 0 Å². The van der Waals surface area contributed by atoms with Gasteiger partial charge in [0.05, 0.1) is 0 Å². The fourth-order valence-electron chi connectivity index (χ4n) is 3.09. The second-order valence-electron chi connectivity index (χ2n) is 5.33. The fourth-order valence-corrected chi connectivity index (χ4v) is 3.09. The van der Waals surface area contributed by atoms with Crippen molar-refractivity contribution < 1.29 is 0 Å². The Hall–Kier alpha value is -2.44. The zero-order chi connectivity index (χ0) is 14.3. The first kappa shape index (κ1) is 12.6. The van der Waals surface area contributed by atoms with Crippen LogP contribution in [0.2, 0.25) is 0 Å². The maximum Gasteiger partial charge on any atom is 0.0485 e. The van der Waals surface area contributed by atoms with Gasteiger partial charge in [0, 0.05) is 16.7 Å². The normalized spacial score (nSPS) is 11.1. The van der Waals surface area contributed by atoms with Gasteiger partial charge in [0.2, 0.25) is 0 Å². The zero-order valence-corrected chi connectivity index (χ0v) is 12.1. The SMILES string of the molecule is C#Cc1c(C)cc2c(c1C#CC)-c1ccc(C)cc1C2. The van der Waals surface area contributed by atoms with Crippen molar-refractivity contribution in [2.75, 3.05) is 0 Å². The summed E-state index contributed by atoms with van der Waals surface area (Å²) in [7, 11) is 0. The van der Waals surface area contributed by atoms with Crippen molar-refractivity contribution in [3.63, 3.8) is 0 Å². The van der Waals surface area contributed by atoms with Crippen molar-refractivity contribution in [1.29, 1.82) is 0 Å². The number of fused-ring (bicyclic) bond motifs is 3. The molecule has 0 aromatic heterocycles. The molecule has 0 N–H and O–H groups in total. The van der Waals surface area contributed by atoms with Crippen LogP contribution >= 0.6 is 0 Å². The average Bonchev–Trinajstić information content (AvgIpc) is 2.75. The van der Waals surface area contributed by atoms with E-state index in [1.54, 1.807) is 0 Å². The molecule has 0 radical (unpaired) electrons. The zero-order valence-electron chi connectivity index (χ0n) is 12.1. The maximum atomic E-state index is 5.70. The van der Waals surface area contributed by atoms with Crippen molar-refractivity contribution in [3.8, 4) is 35.3 Å². The third kappa shape index (κ3) is 1.74. The van der Waals surface area contributed by atoms with Gasteiger partial charge >= 0.3 is 0 Å². The van der Waals surface area contributed by atoms with E-state index in [9.17, 15) is 0 Å². The van der Waals surface area contributed by atoms with Crippen LogP contribution in [0.25, 0.3) is 11.1 Å². The van der Waals surface area contributed by atoms with Gasteiger partial charge in [-0.3, -0.25) is 0 Å². The van der Waals surface area contributed by atoms with Gasteiger partial charge in [0.15, 0.2) is 0 Å². The highest BCUT2D eigenvalue weighted by molar-refractivity contribution is 5.85. The Morgan fingerprint density at radius 3 is 2.55 bits per heavy atom. The summed E-state index contributed by atoms with van der Waals surface area (Å²) in [6.07, 6.45) is 6.68. The molecule has 96 valence electrons. The molecule has 1 aliphatic carbocycles. The van der Waals surface area contributed by atoms with E-state index >= 15 is 0 Å². The van der Waals surface area contributed by atoms with Crippen molar-refractivity contribution in [2.45, 2.75) is 27.2 Å². The quantitative estimate of drug-likeness (QED) is 0.528. The summed E-state index contributed by atoms with van der Waals surface area (Å²) in [5.74, 6) is 9.06. The van der Waals surface area contributed by atoms with Gasteiger partial charge in [-0.15, -0.1) is 12.3 Å². The molecule has 0 saturated heterocycles. The summed E-state index contributed by atoms with van der Waals surface area (Å²) in [5.41, 5.74) is 9.67. The molecule has 0 amide bonds. The van der Waals surface area contributed by atoms with Crippen LogP contribution in [-0.4, -0.2) is 0 Å². The van der Waals surface area contributed by atoms with Gasteiger partial charge < -0.3 is 0 Å². The first-order chi connectivity index (χ1) is 9.65. The molecule has 0 fully saturated rings. The highest BCUT2D eigenvalue weighted by atomic mass is 14.3. The van der Waals surface area contributed by atoms with Crippen molar-refractivity contribution in [2.24, 2.45) is 0 Å². The summed E-state index contributed by atoms with van der Waals surface area (Å²) >= 11 is 0. The maximum absolute atomic E-state index is 5.70. The Balaban J connectivity index is 2.39. The van der Waals surface area contributed by atoms with E-state index < -0.39 is 0 Å². The van der Waals surface area contributed by atoms with Crippen LogP contribution in [0.3, 0.4) is 0 Å². The molecule has 2 aromatic rings. The first-order valence-electron chi connectivity index (χ1n) is 6.81. The Bertz CT molecular complexity index is 818. The summed E-state index contributed by atoms with van der Waals surface area (Å²) in [4.78, 5) is 0. The van der Waals surface area contributed by atoms with Crippen LogP contribution in [0, 0.1) is 38.0 Å². The molecule has 0 saturated carbocycles. The number of hydrogen-bond acceptors (Lipinski definition) is 0. The van der Waals surface area contributed by atoms with Crippen molar-refractivity contribution >= 4 is 0 Å². The van der Waals surface area contributed by atoms with Crippen LogP contribution in [0.4, 0.5) is 0 Å². The molecular weight excluding hydrogens is 240 g/mol. The predicted molar refractivity (Wildman–Crippen MR) is 84.6 cm³/mol. The predicted octanol–water partition coefficient (Wildman–Crippen LogP) is 4.23. The lowest BCUT2D eigenvalue weighted by atomic mass is 9.92. The largest absolute Gasteiger partial charge is 0.115 e. The van der Waals surface area contributed by atoms with E-state index in [0.717, 1.165) is 23.1 Å². The Morgan fingerprint density at radius 1 is 1.05 bits per heavy atom. The number of benzene rings is 2. The van der Waals surface area contributed by atoms with Gasteiger partial charge in [0.1, 0.15) is 0 Å². The average molecular weight is 256 g/mol. The Kier molecular flexibility index (Phi) is 2.89. The standard InChI is InChI=1S/C20H16/c1-5-7-19-17(6-2)14(4)11-16-12-15-10-13(3)8-9-18(15)20(16)19/h2,8-11H,12H2,1,3-4H3. The molecule has 0 spiro atoms. The van der Waals surface area contributed by atoms with Crippen LogP contribution in [0.1, 0.15) is 40.3 Å². The molecule has 0 heterocycles. The molecule has 0 atom stereocenters. The third-order valence-corrected chi connectivity index (χ3v) is 3.91. The minimum absolute atomic E-state index is 0.937. The number of aryl methyl sites for hydroxylation is 2. The topological polar surface area (TPSA) is 0 Å². The lowest BCUT2D eigenvalue weighted by molar-refractivity contribution is 1.23. The summed E-state index contributed by atoms with van der Waals surface area (Å²) in [5, 5.41) is 0. The molecule has 0 unspecified atom stereocenters. The van der Waals surface area contributed by atoms with Gasteiger partial charge in [-0.1, -0.05) is 41.7 Å². The fraction of sp³-hybridized carbons (Fsp3) is 0.200. The van der Waals surface area contributed by atoms with Gasteiger partial charge in [-0.25, -0.2) is 0 Å². The van der Waals surface area contributed by atoms with E-state index in [1.165, 1.54) is 27.8 Å². The molecule has 0 nitrogen and oxygen atoms in total. The minimum atomic E-state index is 0.937. The molecule has 1 aliphatic rings. The van der Waals surface area contributed by atoms with Gasteiger partial charge in [0.25, 0.3) is 0 Å². The van der Waals surface area contributed by atoms with E-state index in [4.69, 9.17) is 6.42 Å². The van der Waals surface area contributed by atoms with Crippen LogP contribution < -0.4 is 0 Å². The summed E-state index contributed by atoms with van der Waals surface area (Å²) in [6.45, 7) is 6.07. The Morgan fingerprint density at radius 2 is 1.85 bits per heavy atom. The van der Waals surface area contributed by atoms with Crippen LogP contribution in [0.15, 0.2) is 24.3 Å². The summed E-state index contributed by atoms with van der Waals surface area (Å²) in [6, 6.07) is 8.85. The first-order valence-corrected chi connectivity index (χ1v) is 6.81. The second kappa shape index (κ2) is 4.59. The van der Waals surface area contributed by atoms with Crippen LogP contribution in [-0.2, 0) is 6.42 Å². The van der Waals surface area contributed by atoms with E-state index in [0.29, 0.717) is 0 Å².